The Morgan fingerprint density at radius 1 is 1.48 bits per heavy atom. The summed E-state index contributed by atoms with van der Waals surface area (Å²) in [5, 5.41) is 3.45. The van der Waals surface area contributed by atoms with Crippen LogP contribution in [0, 0.1) is 18.7 Å². The lowest BCUT2D eigenvalue weighted by Crippen LogP contribution is -2.12. The molecule has 1 N–H and O–H groups in total. The molecular formula is C19H20FN3OS. The quantitative estimate of drug-likeness (QED) is 0.808. The minimum absolute atomic E-state index is 0.00734. The number of anilines is 1. The number of amides is 1. The van der Waals surface area contributed by atoms with E-state index in [0.29, 0.717) is 10.7 Å². The number of allylic oxidation sites excluding steroid dienone is 1. The third kappa shape index (κ3) is 4.02. The zero-order valence-electron chi connectivity index (χ0n) is 14.3. The lowest BCUT2D eigenvalue weighted by molar-refractivity contribution is -0.117. The Morgan fingerprint density at radius 2 is 2.24 bits per heavy atom. The van der Waals surface area contributed by atoms with Crippen LogP contribution in [0.2, 0.25) is 0 Å². The molecule has 1 fully saturated rings. The molecule has 2 aromatic rings. The molecule has 1 saturated carbocycles. The molecule has 0 aliphatic heterocycles. The number of aromatic nitrogens is 2. The Morgan fingerprint density at radius 3 is 2.92 bits per heavy atom. The van der Waals surface area contributed by atoms with E-state index in [0.717, 1.165) is 29.0 Å². The van der Waals surface area contributed by atoms with Crippen molar-refractivity contribution in [1.82, 2.24) is 9.97 Å². The molecule has 1 amide bonds. The predicted molar refractivity (Wildman–Crippen MR) is 99.9 cm³/mol. The molecule has 2 aromatic heterocycles. The smallest absolute Gasteiger partial charge is 0.229 e. The van der Waals surface area contributed by atoms with Gasteiger partial charge in [-0.3, -0.25) is 9.78 Å². The number of nitrogens with zero attached hydrogens (tertiary/aromatic N) is 2. The molecule has 0 bridgehead atoms. The zero-order chi connectivity index (χ0) is 18.0. The molecule has 25 heavy (non-hydrogen) atoms. The van der Waals surface area contributed by atoms with Crippen LogP contribution < -0.4 is 5.32 Å². The molecular weight excluding hydrogens is 337 g/mol. The van der Waals surface area contributed by atoms with Crippen LogP contribution in [0.3, 0.4) is 0 Å². The summed E-state index contributed by atoms with van der Waals surface area (Å²) in [6.45, 7) is 7.54. The van der Waals surface area contributed by atoms with Gasteiger partial charge in [-0.2, -0.15) is 0 Å². The maximum absolute atomic E-state index is 13.7. The van der Waals surface area contributed by atoms with Gasteiger partial charge < -0.3 is 5.32 Å². The second-order valence-corrected chi connectivity index (χ2v) is 7.25. The van der Waals surface area contributed by atoms with Gasteiger partial charge in [0.15, 0.2) is 5.13 Å². The molecule has 1 unspecified atom stereocenters. The minimum atomic E-state index is -0.303. The number of carbonyl (C=O) groups excluding carboxylic acids is 1. The van der Waals surface area contributed by atoms with Gasteiger partial charge >= 0.3 is 0 Å². The molecule has 1 aliphatic carbocycles. The fourth-order valence-electron chi connectivity index (χ4n) is 2.53. The third-order valence-electron chi connectivity index (χ3n) is 4.27. The van der Waals surface area contributed by atoms with Crippen molar-refractivity contribution in [1.29, 1.82) is 0 Å². The first kappa shape index (κ1) is 17.5. The van der Waals surface area contributed by atoms with E-state index < -0.39 is 0 Å². The number of nitrogens with one attached hydrogen (secondary N) is 1. The average molecular weight is 357 g/mol. The number of halogens is 1. The van der Waals surface area contributed by atoms with Crippen molar-refractivity contribution in [2.45, 2.75) is 32.6 Å². The van der Waals surface area contributed by atoms with Crippen LogP contribution >= 0.6 is 11.3 Å². The highest BCUT2D eigenvalue weighted by Crippen LogP contribution is 2.32. The van der Waals surface area contributed by atoms with Gasteiger partial charge in [-0.05, 0) is 43.0 Å². The molecule has 2 heterocycles. The van der Waals surface area contributed by atoms with E-state index >= 15 is 0 Å². The normalized spacial score (nSPS) is 15.3. The third-order valence-corrected chi connectivity index (χ3v) is 5.25. The zero-order valence-corrected chi connectivity index (χ0v) is 15.1. The van der Waals surface area contributed by atoms with Crippen molar-refractivity contribution in [3.05, 3.63) is 52.6 Å². The standard InChI is InChI=1S/C19H20FN3OS/c1-4-17-16(22-19(25-17)23-18(24)13-6-7-13)8-5-11(2)14-9-21-10-15(20)12(14)3/h4-5,8-11,13H,1,6-7H2,2-3H3,(H,22,23,24)/b8-5-. The first-order valence-electron chi connectivity index (χ1n) is 8.22. The van der Waals surface area contributed by atoms with E-state index in [1.807, 2.05) is 19.1 Å². The Kier molecular flexibility index (Phi) is 5.08. The number of carbonyl (C=O) groups is 1. The Hall–Kier alpha value is -2.34. The van der Waals surface area contributed by atoms with Crippen LogP contribution in [0.4, 0.5) is 9.52 Å². The molecule has 0 spiro atoms. The average Bonchev–Trinajstić information content (AvgIpc) is 3.37. The summed E-state index contributed by atoms with van der Waals surface area (Å²) in [6, 6.07) is 0. The lowest BCUT2D eigenvalue weighted by Gasteiger charge is -2.10. The molecule has 1 aliphatic rings. The van der Waals surface area contributed by atoms with Crippen molar-refractivity contribution < 1.29 is 9.18 Å². The summed E-state index contributed by atoms with van der Waals surface area (Å²) in [7, 11) is 0. The predicted octanol–water partition coefficient (Wildman–Crippen LogP) is 4.79. The van der Waals surface area contributed by atoms with Crippen LogP contribution in [0.15, 0.2) is 25.0 Å². The van der Waals surface area contributed by atoms with Gasteiger partial charge in [-0.25, -0.2) is 9.37 Å². The first-order chi connectivity index (χ1) is 12.0. The Labute approximate surface area is 150 Å². The van der Waals surface area contributed by atoms with E-state index in [1.54, 1.807) is 19.2 Å². The number of rotatable bonds is 6. The first-order valence-corrected chi connectivity index (χ1v) is 9.03. The van der Waals surface area contributed by atoms with Crippen LogP contribution in [0.25, 0.3) is 12.2 Å². The van der Waals surface area contributed by atoms with Gasteiger partial charge in [0.25, 0.3) is 0 Å². The minimum Gasteiger partial charge on any atom is -0.302 e. The van der Waals surface area contributed by atoms with Crippen LogP contribution in [0.5, 0.6) is 0 Å². The number of hydrogen-bond donors (Lipinski definition) is 1. The van der Waals surface area contributed by atoms with E-state index in [9.17, 15) is 9.18 Å². The van der Waals surface area contributed by atoms with E-state index in [2.05, 4.69) is 21.9 Å². The number of thiazole rings is 1. The van der Waals surface area contributed by atoms with Gasteiger partial charge in [0.05, 0.1) is 16.8 Å². The molecule has 0 aromatic carbocycles. The SMILES string of the molecule is C=Cc1sc(NC(=O)C2CC2)nc1/C=C\C(C)c1cncc(F)c1C. The summed E-state index contributed by atoms with van der Waals surface area (Å²) in [5.74, 6) is -0.136. The number of pyridine rings is 1. The molecule has 0 saturated heterocycles. The van der Waals surface area contributed by atoms with Gasteiger partial charge in [0.2, 0.25) is 5.91 Å². The van der Waals surface area contributed by atoms with Crippen molar-refractivity contribution in [3.63, 3.8) is 0 Å². The van der Waals surface area contributed by atoms with Crippen molar-refractivity contribution in [2.75, 3.05) is 5.32 Å². The van der Waals surface area contributed by atoms with Crippen molar-refractivity contribution in [3.8, 4) is 0 Å². The molecule has 1 atom stereocenters. The van der Waals surface area contributed by atoms with E-state index in [4.69, 9.17) is 0 Å². The van der Waals surface area contributed by atoms with Crippen molar-refractivity contribution in [2.24, 2.45) is 5.92 Å². The monoisotopic (exact) mass is 357 g/mol. The molecule has 6 heteroatoms. The summed E-state index contributed by atoms with van der Waals surface area (Å²) >= 11 is 1.40. The van der Waals surface area contributed by atoms with Gasteiger partial charge in [0.1, 0.15) is 5.82 Å². The number of hydrogen-bond acceptors (Lipinski definition) is 4. The second kappa shape index (κ2) is 7.27. The highest BCUT2D eigenvalue weighted by atomic mass is 32.1. The maximum atomic E-state index is 13.7. The van der Waals surface area contributed by atoms with Crippen LogP contribution in [-0.4, -0.2) is 15.9 Å². The molecule has 130 valence electrons. The molecule has 3 rings (SSSR count). The Balaban J connectivity index is 1.77. The fourth-order valence-corrected chi connectivity index (χ4v) is 3.33. The van der Waals surface area contributed by atoms with Crippen molar-refractivity contribution >= 4 is 34.5 Å². The highest BCUT2D eigenvalue weighted by Gasteiger charge is 2.30. The second-order valence-electron chi connectivity index (χ2n) is 6.22. The summed E-state index contributed by atoms with van der Waals surface area (Å²) in [6.07, 6.45) is 10.4. The lowest BCUT2D eigenvalue weighted by atomic mass is 9.97. The van der Waals surface area contributed by atoms with E-state index in [-0.39, 0.29) is 23.6 Å². The van der Waals surface area contributed by atoms with Crippen LogP contribution in [-0.2, 0) is 4.79 Å². The highest BCUT2D eigenvalue weighted by molar-refractivity contribution is 7.16. The maximum Gasteiger partial charge on any atom is 0.229 e. The Bertz CT molecular complexity index is 839. The van der Waals surface area contributed by atoms with Gasteiger partial charge in [-0.1, -0.05) is 30.9 Å². The largest absolute Gasteiger partial charge is 0.302 e. The fraction of sp³-hybridized carbons (Fsp3) is 0.316. The van der Waals surface area contributed by atoms with Crippen LogP contribution in [0.1, 0.15) is 47.4 Å². The topological polar surface area (TPSA) is 54.9 Å². The molecule has 4 nitrogen and oxygen atoms in total. The van der Waals surface area contributed by atoms with E-state index in [1.165, 1.54) is 17.5 Å². The van der Waals surface area contributed by atoms with Gasteiger partial charge in [0, 0.05) is 18.0 Å². The summed E-state index contributed by atoms with van der Waals surface area (Å²) < 4.78 is 13.7. The summed E-state index contributed by atoms with van der Waals surface area (Å²) in [5.41, 5.74) is 2.20. The van der Waals surface area contributed by atoms with Gasteiger partial charge in [-0.15, -0.1) is 0 Å². The summed E-state index contributed by atoms with van der Waals surface area (Å²) in [4.78, 5) is 21.2. The molecule has 0 radical (unpaired) electrons.